The van der Waals surface area contributed by atoms with Gasteiger partial charge in [0.1, 0.15) is 0 Å². The van der Waals surface area contributed by atoms with Gasteiger partial charge in [0.15, 0.2) is 0 Å². The molecule has 1 heterocycles. The van der Waals surface area contributed by atoms with E-state index in [0.29, 0.717) is 0 Å². The Balaban J connectivity index is 2.05. The Hall–Kier alpha value is -1.19. The van der Waals surface area contributed by atoms with E-state index in [1.54, 1.807) is 0 Å². The monoisotopic (exact) mass is 316 g/mol. The quantitative estimate of drug-likeness (QED) is 0.916. The van der Waals surface area contributed by atoms with Crippen molar-refractivity contribution in [2.45, 2.75) is 31.2 Å². The number of pyridine rings is 1. The van der Waals surface area contributed by atoms with Gasteiger partial charge in [-0.15, -0.1) is 0 Å². The summed E-state index contributed by atoms with van der Waals surface area (Å²) in [6, 6.07) is 12.4. The van der Waals surface area contributed by atoms with Crippen molar-refractivity contribution < 1.29 is 0 Å². The molecule has 1 aliphatic carbocycles. The average Bonchev–Trinajstić information content (AvgIpc) is 2.83. The van der Waals surface area contributed by atoms with Crippen LogP contribution >= 0.6 is 15.9 Å². The number of aromatic nitrogens is 1. The minimum absolute atomic E-state index is 0.280. The molecule has 1 aliphatic rings. The van der Waals surface area contributed by atoms with Crippen LogP contribution < -0.4 is 5.73 Å². The van der Waals surface area contributed by atoms with E-state index < -0.39 is 5.54 Å². The fourth-order valence-corrected chi connectivity index (χ4v) is 3.79. The van der Waals surface area contributed by atoms with Gasteiger partial charge < -0.3 is 5.73 Å². The van der Waals surface area contributed by atoms with Crippen molar-refractivity contribution in [2.75, 3.05) is 0 Å². The molecule has 0 spiro atoms. The summed E-state index contributed by atoms with van der Waals surface area (Å²) < 4.78 is 1.07. The van der Waals surface area contributed by atoms with E-state index in [1.807, 2.05) is 24.4 Å². The van der Waals surface area contributed by atoms with E-state index in [-0.39, 0.29) is 5.92 Å². The number of nitrogens with two attached hydrogens (primary N) is 1. The van der Waals surface area contributed by atoms with Crippen molar-refractivity contribution in [3.8, 4) is 0 Å². The van der Waals surface area contributed by atoms with Gasteiger partial charge in [0.25, 0.3) is 0 Å². The lowest BCUT2D eigenvalue weighted by atomic mass is 9.79. The summed E-state index contributed by atoms with van der Waals surface area (Å²) in [5, 5.41) is 0. The van der Waals surface area contributed by atoms with Gasteiger partial charge in [-0.2, -0.15) is 0 Å². The third kappa shape index (κ3) is 2.11. The van der Waals surface area contributed by atoms with E-state index in [2.05, 4.69) is 46.0 Å². The Labute approximate surface area is 122 Å². The zero-order chi connectivity index (χ0) is 13.5. The standard InChI is InChI=1S/C16H17BrN2/c1-16(18,12-6-2-3-7-14(12)17)13-9-8-11-5-4-10-19-15(11)13/h2-7,10,13H,8-9,18H2,1H3. The molecule has 3 heteroatoms. The Morgan fingerprint density at radius 1 is 1.26 bits per heavy atom. The second-order valence-electron chi connectivity index (χ2n) is 5.40. The number of rotatable bonds is 2. The van der Waals surface area contributed by atoms with Gasteiger partial charge in [-0.3, -0.25) is 4.98 Å². The number of benzene rings is 1. The number of nitrogens with zero attached hydrogens (tertiary/aromatic N) is 1. The first-order chi connectivity index (χ1) is 9.10. The van der Waals surface area contributed by atoms with E-state index in [9.17, 15) is 0 Å². The van der Waals surface area contributed by atoms with Crippen LogP contribution in [0.4, 0.5) is 0 Å². The van der Waals surface area contributed by atoms with E-state index in [4.69, 9.17) is 5.73 Å². The van der Waals surface area contributed by atoms with Crippen LogP contribution in [0.15, 0.2) is 47.1 Å². The predicted octanol–water partition coefficient (Wildman–Crippen LogP) is 3.75. The Bertz CT molecular complexity index is 607. The summed E-state index contributed by atoms with van der Waals surface area (Å²) in [5.74, 6) is 0.280. The third-order valence-corrected chi connectivity index (χ3v) is 4.83. The highest BCUT2D eigenvalue weighted by Crippen LogP contribution is 2.44. The molecule has 2 aromatic rings. The Morgan fingerprint density at radius 3 is 2.84 bits per heavy atom. The SMILES string of the molecule is CC(N)(c1ccccc1Br)C1CCc2cccnc21. The number of hydrogen-bond acceptors (Lipinski definition) is 2. The van der Waals surface area contributed by atoms with Crippen LogP contribution in [0, 0.1) is 0 Å². The van der Waals surface area contributed by atoms with Crippen molar-refractivity contribution in [1.82, 2.24) is 4.98 Å². The molecule has 0 saturated carbocycles. The first kappa shape index (κ1) is 12.8. The van der Waals surface area contributed by atoms with Gasteiger partial charge in [0.05, 0.1) is 0 Å². The maximum Gasteiger partial charge on any atom is 0.0488 e. The van der Waals surface area contributed by atoms with E-state index in [0.717, 1.165) is 22.9 Å². The van der Waals surface area contributed by atoms with Crippen molar-refractivity contribution in [1.29, 1.82) is 0 Å². The smallest absolute Gasteiger partial charge is 0.0488 e. The number of halogens is 1. The van der Waals surface area contributed by atoms with Crippen LogP contribution in [-0.2, 0) is 12.0 Å². The highest BCUT2D eigenvalue weighted by atomic mass is 79.9. The molecule has 0 saturated heterocycles. The van der Waals surface area contributed by atoms with Gasteiger partial charge in [0.2, 0.25) is 0 Å². The maximum atomic E-state index is 6.69. The highest BCUT2D eigenvalue weighted by Gasteiger charge is 2.39. The largest absolute Gasteiger partial charge is 0.321 e. The molecule has 0 radical (unpaired) electrons. The zero-order valence-electron chi connectivity index (χ0n) is 10.9. The van der Waals surface area contributed by atoms with Crippen molar-refractivity contribution >= 4 is 15.9 Å². The van der Waals surface area contributed by atoms with Crippen molar-refractivity contribution in [3.63, 3.8) is 0 Å². The highest BCUT2D eigenvalue weighted by molar-refractivity contribution is 9.10. The molecule has 1 aromatic heterocycles. The second-order valence-corrected chi connectivity index (χ2v) is 6.26. The van der Waals surface area contributed by atoms with Gasteiger partial charge in [-0.1, -0.05) is 40.2 Å². The fourth-order valence-electron chi connectivity index (χ4n) is 3.08. The molecule has 19 heavy (non-hydrogen) atoms. The summed E-state index contributed by atoms with van der Waals surface area (Å²) in [4.78, 5) is 4.57. The number of fused-ring (bicyclic) bond motifs is 1. The summed E-state index contributed by atoms with van der Waals surface area (Å²) in [6.45, 7) is 2.11. The zero-order valence-corrected chi connectivity index (χ0v) is 12.5. The van der Waals surface area contributed by atoms with Crippen LogP contribution in [0.1, 0.15) is 36.1 Å². The molecule has 0 amide bonds. The Morgan fingerprint density at radius 2 is 2.05 bits per heavy atom. The van der Waals surface area contributed by atoms with Crippen molar-refractivity contribution in [3.05, 3.63) is 63.9 Å². The lowest BCUT2D eigenvalue weighted by molar-refractivity contribution is 0.379. The molecule has 0 fully saturated rings. The predicted molar refractivity (Wildman–Crippen MR) is 81.0 cm³/mol. The first-order valence-electron chi connectivity index (χ1n) is 6.58. The average molecular weight is 317 g/mol. The van der Waals surface area contributed by atoms with Crippen LogP contribution in [0.2, 0.25) is 0 Å². The molecule has 0 bridgehead atoms. The van der Waals surface area contributed by atoms with E-state index in [1.165, 1.54) is 11.3 Å². The van der Waals surface area contributed by atoms with Gasteiger partial charge >= 0.3 is 0 Å². The topological polar surface area (TPSA) is 38.9 Å². The summed E-state index contributed by atoms with van der Waals surface area (Å²) >= 11 is 3.62. The van der Waals surface area contributed by atoms with Crippen LogP contribution in [0.25, 0.3) is 0 Å². The molecule has 3 rings (SSSR count). The molecule has 2 N–H and O–H groups in total. The lowest BCUT2D eigenvalue weighted by Crippen LogP contribution is -2.39. The third-order valence-electron chi connectivity index (χ3n) is 4.14. The Kier molecular flexibility index (Phi) is 3.19. The first-order valence-corrected chi connectivity index (χ1v) is 7.37. The molecule has 2 unspecified atom stereocenters. The lowest BCUT2D eigenvalue weighted by Gasteiger charge is -2.33. The van der Waals surface area contributed by atoms with Crippen LogP contribution in [0.3, 0.4) is 0 Å². The normalized spacial score (nSPS) is 20.9. The van der Waals surface area contributed by atoms with Crippen LogP contribution in [-0.4, -0.2) is 4.98 Å². The summed E-state index contributed by atoms with van der Waals surface area (Å²) in [6.07, 6.45) is 4.01. The molecular formula is C16H17BrN2. The fraction of sp³-hybridized carbons (Fsp3) is 0.312. The summed E-state index contributed by atoms with van der Waals surface area (Å²) in [7, 11) is 0. The maximum absolute atomic E-state index is 6.69. The van der Waals surface area contributed by atoms with Gasteiger partial charge in [-0.25, -0.2) is 0 Å². The number of aryl methyl sites for hydroxylation is 1. The van der Waals surface area contributed by atoms with E-state index >= 15 is 0 Å². The molecule has 0 aliphatic heterocycles. The number of hydrogen-bond donors (Lipinski definition) is 1. The van der Waals surface area contributed by atoms with Crippen LogP contribution in [0.5, 0.6) is 0 Å². The van der Waals surface area contributed by atoms with Gasteiger partial charge in [0, 0.05) is 27.8 Å². The minimum Gasteiger partial charge on any atom is -0.321 e. The molecular weight excluding hydrogens is 300 g/mol. The van der Waals surface area contributed by atoms with Crippen molar-refractivity contribution in [2.24, 2.45) is 5.73 Å². The van der Waals surface area contributed by atoms with Gasteiger partial charge in [-0.05, 0) is 43.0 Å². The second kappa shape index (κ2) is 4.73. The minimum atomic E-state index is -0.403. The molecule has 2 atom stereocenters. The molecule has 2 nitrogen and oxygen atoms in total. The molecule has 98 valence electrons. The molecule has 1 aromatic carbocycles. The summed E-state index contributed by atoms with van der Waals surface area (Å²) in [5.41, 5.74) is 9.95.